The van der Waals surface area contributed by atoms with E-state index in [2.05, 4.69) is 11.9 Å². The predicted molar refractivity (Wildman–Crippen MR) is 91.6 cm³/mol. The molecule has 1 aliphatic heterocycles. The van der Waals surface area contributed by atoms with Crippen molar-refractivity contribution in [3.63, 3.8) is 0 Å². The molecule has 0 saturated carbocycles. The van der Waals surface area contributed by atoms with Crippen LogP contribution in [0.3, 0.4) is 0 Å². The van der Waals surface area contributed by atoms with E-state index in [1.54, 1.807) is 0 Å². The highest BCUT2D eigenvalue weighted by Crippen LogP contribution is 2.22. The number of carbonyl (C=O) groups is 1. The third-order valence-corrected chi connectivity index (χ3v) is 4.28. The van der Waals surface area contributed by atoms with Crippen molar-refractivity contribution < 1.29 is 55.1 Å². The minimum absolute atomic E-state index is 0.176. The highest BCUT2D eigenvalue weighted by Gasteiger charge is 2.44. The molecule has 1 rings (SSSR count). The van der Waals surface area contributed by atoms with Gasteiger partial charge in [-0.1, -0.05) is 6.58 Å². The minimum atomic E-state index is -1.89. The minimum Gasteiger partial charge on any atom is -0.394 e. The van der Waals surface area contributed by atoms with Crippen molar-refractivity contribution in [3.8, 4) is 0 Å². The summed E-state index contributed by atoms with van der Waals surface area (Å²) in [6, 6.07) is 0. The van der Waals surface area contributed by atoms with E-state index in [4.69, 9.17) is 14.6 Å². The lowest BCUT2D eigenvalue weighted by atomic mass is 9.99. The van der Waals surface area contributed by atoms with Gasteiger partial charge in [0.05, 0.1) is 19.3 Å². The van der Waals surface area contributed by atoms with Crippen LogP contribution in [0, 0.1) is 0 Å². The van der Waals surface area contributed by atoms with E-state index >= 15 is 0 Å². The van der Waals surface area contributed by atoms with Gasteiger partial charge in [0.15, 0.2) is 6.29 Å². The normalized spacial score (nSPS) is 32.2. The molecule has 1 heterocycles. The monoisotopic (exact) mass is 411 g/mol. The second-order valence-electron chi connectivity index (χ2n) is 6.64. The van der Waals surface area contributed by atoms with Gasteiger partial charge in [0.25, 0.3) is 0 Å². The Balaban J connectivity index is 2.53. The Morgan fingerprint density at radius 3 is 2.18 bits per heavy atom. The fourth-order valence-corrected chi connectivity index (χ4v) is 2.42. The van der Waals surface area contributed by atoms with E-state index in [9.17, 15) is 40.5 Å². The Morgan fingerprint density at radius 2 is 1.64 bits per heavy atom. The van der Waals surface area contributed by atoms with Gasteiger partial charge in [0.1, 0.15) is 42.7 Å². The fraction of sp³-hybridized carbons (Fsp3) is 0.812. The molecule has 0 aliphatic carbocycles. The molecule has 9 atom stereocenters. The molecule has 0 aromatic heterocycles. The molecule has 0 spiro atoms. The van der Waals surface area contributed by atoms with Gasteiger partial charge in [0.2, 0.25) is 5.91 Å². The molecular weight excluding hydrogens is 382 g/mol. The second-order valence-corrected chi connectivity index (χ2v) is 6.64. The van der Waals surface area contributed by atoms with Crippen LogP contribution in [0.5, 0.6) is 0 Å². The first-order valence-corrected chi connectivity index (χ1v) is 8.59. The maximum atomic E-state index is 11.4. The van der Waals surface area contributed by atoms with E-state index in [1.807, 2.05) is 0 Å². The average molecular weight is 411 g/mol. The van der Waals surface area contributed by atoms with Crippen LogP contribution >= 0.6 is 0 Å². The van der Waals surface area contributed by atoms with E-state index in [1.165, 1.54) is 6.92 Å². The molecule has 12 nitrogen and oxygen atoms in total. The summed E-state index contributed by atoms with van der Waals surface area (Å²) in [4.78, 5) is 11.4. The molecule has 1 fully saturated rings. The number of carbonyl (C=O) groups excluding carboxylic acids is 1. The van der Waals surface area contributed by atoms with Crippen molar-refractivity contribution in [2.45, 2.75) is 62.0 Å². The molecule has 0 unspecified atom stereocenters. The van der Waals surface area contributed by atoms with Crippen LogP contribution in [0.2, 0.25) is 0 Å². The zero-order chi connectivity index (χ0) is 21.6. The van der Waals surface area contributed by atoms with Gasteiger partial charge in [-0.3, -0.25) is 4.79 Å². The Morgan fingerprint density at radius 1 is 1.07 bits per heavy atom. The highest BCUT2D eigenvalue weighted by molar-refractivity contribution is 5.92. The van der Waals surface area contributed by atoms with Crippen LogP contribution in [0.4, 0.5) is 0 Å². The maximum Gasteiger partial charge on any atom is 0.246 e. The second kappa shape index (κ2) is 11.1. The fourth-order valence-electron chi connectivity index (χ4n) is 2.42. The molecule has 0 aromatic rings. The van der Waals surface area contributed by atoms with E-state index in [0.717, 1.165) is 0 Å². The first kappa shape index (κ1) is 24.8. The molecule has 164 valence electrons. The molecule has 0 bridgehead atoms. The third-order valence-electron chi connectivity index (χ3n) is 4.28. The number of aliphatic hydroxyl groups excluding tert-OH is 8. The largest absolute Gasteiger partial charge is 0.394 e. The zero-order valence-corrected chi connectivity index (χ0v) is 15.3. The van der Waals surface area contributed by atoms with Gasteiger partial charge < -0.3 is 55.6 Å². The molecule has 1 saturated heterocycles. The molecule has 12 heteroatoms. The standard InChI is InChI=1S/C16H29NO11/c1-6(2)15(26)17-3-7(19)10(21)11(22)8(20)5-27-16-14(25)13(24)12(23)9(4-18)28-16/h7-14,16,18-25H,1,3-5H2,2H3,(H,17,26)/t7-,8+,9+,10+,11+,12+,13-,14+,16-/m0/s1. The number of ether oxygens (including phenoxy) is 2. The SMILES string of the molecule is C=C(C)C(=O)NC[C@H](O)[C@@H](O)[C@H](O)[C@H](O)CO[C@H]1O[C@H](CO)[C@@H](O)[C@H](O)[C@H]1O. The van der Waals surface area contributed by atoms with Gasteiger partial charge >= 0.3 is 0 Å². The molecule has 9 N–H and O–H groups in total. The van der Waals surface area contributed by atoms with Gasteiger partial charge in [-0.15, -0.1) is 0 Å². The van der Waals surface area contributed by atoms with Crippen molar-refractivity contribution in [2.75, 3.05) is 19.8 Å². The maximum absolute atomic E-state index is 11.4. The first-order chi connectivity index (χ1) is 13.0. The highest BCUT2D eigenvalue weighted by atomic mass is 16.7. The van der Waals surface area contributed by atoms with Crippen LogP contribution in [0.1, 0.15) is 6.92 Å². The van der Waals surface area contributed by atoms with Crippen molar-refractivity contribution >= 4 is 5.91 Å². The number of amides is 1. The van der Waals surface area contributed by atoms with Gasteiger partial charge in [-0.2, -0.15) is 0 Å². The number of hydrogen-bond acceptors (Lipinski definition) is 11. The molecule has 1 amide bonds. The van der Waals surface area contributed by atoms with Crippen LogP contribution in [0.25, 0.3) is 0 Å². The Hall–Kier alpha value is -1.19. The summed E-state index contributed by atoms with van der Waals surface area (Å²) >= 11 is 0. The molecule has 0 aromatic carbocycles. The van der Waals surface area contributed by atoms with Crippen LogP contribution < -0.4 is 5.32 Å². The van der Waals surface area contributed by atoms with Gasteiger partial charge in [-0.05, 0) is 6.92 Å². The molecular formula is C16H29NO11. The summed E-state index contributed by atoms with van der Waals surface area (Å²) in [5.41, 5.74) is 0.176. The summed E-state index contributed by atoms with van der Waals surface area (Å²) in [6.45, 7) is 3.06. The lowest BCUT2D eigenvalue weighted by Gasteiger charge is -2.40. The lowest BCUT2D eigenvalue weighted by Crippen LogP contribution is -2.59. The van der Waals surface area contributed by atoms with Crippen molar-refractivity contribution in [3.05, 3.63) is 12.2 Å². The predicted octanol–water partition coefficient (Wildman–Crippen LogP) is -5.06. The average Bonchev–Trinajstić information content (AvgIpc) is 2.67. The molecule has 0 radical (unpaired) electrons. The zero-order valence-electron chi connectivity index (χ0n) is 15.3. The molecule has 28 heavy (non-hydrogen) atoms. The topological polar surface area (TPSA) is 209 Å². The van der Waals surface area contributed by atoms with Crippen molar-refractivity contribution in [2.24, 2.45) is 0 Å². The van der Waals surface area contributed by atoms with E-state index < -0.39 is 80.8 Å². The summed E-state index contributed by atoms with van der Waals surface area (Å²) in [7, 11) is 0. The Kier molecular flexibility index (Phi) is 9.86. The van der Waals surface area contributed by atoms with Gasteiger partial charge in [-0.25, -0.2) is 0 Å². The van der Waals surface area contributed by atoms with Crippen molar-refractivity contribution in [1.82, 2.24) is 5.32 Å². The van der Waals surface area contributed by atoms with Crippen LogP contribution in [-0.2, 0) is 14.3 Å². The smallest absolute Gasteiger partial charge is 0.246 e. The first-order valence-electron chi connectivity index (χ1n) is 8.59. The molecule has 1 aliphatic rings. The Bertz CT molecular complexity index is 517. The Labute approximate surface area is 161 Å². The lowest BCUT2D eigenvalue weighted by molar-refractivity contribution is -0.306. The summed E-state index contributed by atoms with van der Waals surface area (Å²) in [5.74, 6) is -0.563. The van der Waals surface area contributed by atoms with Gasteiger partial charge in [0, 0.05) is 12.1 Å². The number of hydrogen-bond donors (Lipinski definition) is 9. The number of rotatable bonds is 10. The summed E-state index contributed by atoms with van der Waals surface area (Å²) < 4.78 is 10.1. The third kappa shape index (κ3) is 6.42. The number of aliphatic hydroxyl groups is 8. The summed E-state index contributed by atoms with van der Waals surface area (Å²) in [6.07, 6.45) is -14.8. The van der Waals surface area contributed by atoms with E-state index in [-0.39, 0.29) is 5.57 Å². The summed E-state index contributed by atoms with van der Waals surface area (Å²) in [5, 5.41) is 80.0. The quantitative estimate of drug-likeness (QED) is 0.155. The number of nitrogens with one attached hydrogen (secondary N) is 1. The van der Waals surface area contributed by atoms with E-state index in [0.29, 0.717) is 0 Å². The van der Waals surface area contributed by atoms with Crippen LogP contribution in [0.15, 0.2) is 12.2 Å². The van der Waals surface area contributed by atoms with Crippen LogP contribution in [-0.4, -0.2) is 122 Å². The van der Waals surface area contributed by atoms with Crippen molar-refractivity contribution in [1.29, 1.82) is 0 Å².